The van der Waals surface area contributed by atoms with E-state index in [0.717, 1.165) is 26.6 Å². The van der Waals surface area contributed by atoms with Crippen molar-refractivity contribution >= 4 is 23.5 Å². The number of ether oxygens (including phenoxy) is 2. The maximum absolute atomic E-state index is 12.6. The first kappa shape index (κ1) is 22.2. The van der Waals surface area contributed by atoms with Crippen LogP contribution in [-0.4, -0.2) is 24.2 Å². The van der Waals surface area contributed by atoms with E-state index in [0.29, 0.717) is 23.8 Å². The maximum atomic E-state index is 12.6. The summed E-state index contributed by atoms with van der Waals surface area (Å²) in [4.78, 5) is 17.9. The Kier molecular flexibility index (Phi) is 7.12. The molecular formula is C26H23N3O3S. The van der Waals surface area contributed by atoms with Crippen LogP contribution in [0.1, 0.15) is 26.5 Å². The summed E-state index contributed by atoms with van der Waals surface area (Å²) in [6, 6.07) is 25.2. The number of carbonyl (C=O) groups excluding carboxylic acids is 1. The zero-order valence-corrected chi connectivity index (χ0v) is 19.1. The number of hydrogen-bond donors (Lipinski definition) is 1. The Hall–Kier alpha value is -3.97. The van der Waals surface area contributed by atoms with Gasteiger partial charge in [0, 0.05) is 10.4 Å². The highest BCUT2D eigenvalue weighted by Gasteiger charge is 2.15. The molecule has 0 aliphatic rings. The van der Waals surface area contributed by atoms with E-state index in [1.165, 1.54) is 11.3 Å². The molecule has 1 amide bonds. The predicted molar refractivity (Wildman–Crippen MR) is 131 cm³/mol. The lowest BCUT2D eigenvalue weighted by Gasteiger charge is -2.11. The summed E-state index contributed by atoms with van der Waals surface area (Å²) in [7, 11) is 1.59. The number of methoxy groups -OCH3 is 1. The minimum Gasteiger partial charge on any atom is -0.493 e. The third-order valence-corrected chi connectivity index (χ3v) is 5.86. The molecule has 0 spiro atoms. The second-order valence-corrected chi connectivity index (χ2v) is 8.38. The Balaban J connectivity index is 1.40. The van der Waals surface area contributed by atoms with Crippen LogP contribution in [-0.2, 0) is 6.61 Å². The summed E-state index contributed by atoms with van der Waals surface area (Å²) < 4.78 is 11.3. The maximum Gasteiger partial charge on any atom is 0.291 e. The molecule has 4 aromatic rings. The van der Waals surface area contributed by atoms with Crippen LogP contribution in [0.3, 0.4) is 0 Å². The number of nitrogens with zero attached hydrogens (tertiary/aromatic N) is 2. The number of aromatic nitrogens is 1. The summed E-state index contributed by atoms with van der Waals surface area (Å²) in [6.45, 7) is 2.32. The molecule has 0 saturated heterocycles. The molecule has 0 unspecified atom stereocenters. The molecule has 3 aromatic carbocycles. The lowest BCUT2D eigenvalue weighted by Crippen LogP contribution is -2.18. The number of amides is 1. The van der Waals surface area contributed by atoms with Gasteiger partial charge in [0.15, 0.2) is 11.5 Å². The smallest absolute Gasteiger partial charge is 0.291 e. The van der Waals surface area contributed by atoms with Gasteiger partial charge in [0.1, 0.15) is 17.3 Å². The van der Waals surface area contributed by atoms with Gasteiger partial charge in [-0.15, -0.1) is 11.3 Å². The van der Waals surface area contributed by atoms with Gasteiger partial charge < -0.3 is 9.47 Å². The fourth-order valence-electron chi connectivity index (χ4n) is 3.15. The van der Waals surface area contributed by atoms with Gasteiger partial charge in [0.05, 0.1) is 13.3 Å². The van der Waals surface area contributed by atoms with Crippen LogP contribution in [0, 0.1) is 6.92 Å². The molecule has 1 N–H and O–H groups in total. The number of carbonyl (C=O) groups is 1. The molecule has 6 nitrogen and oxygen atoms in total. The predicted octanol–water partition coefficient (Wildman–Crippen LogP) is 5.47. The molecular weight excluding hydrogens is 434 g/mol. The van der Waals surface area contributed by atoms with Gasteiger partial charge in [-0.1, -0.05) is 60.7 Å². The number of hydrogen-bond acceptors (Lipinski definition) is 6. The summed E-state index contributed by atoms with van der Waals surface area (Å²) in [6.07, 6.45) is 1.56. The second kappa shape index (κ2) is 10.6. The van der Waals surface area contributed by atoms with Crippen molar-refractivity contribution in [2.24, 2.45) is 5.10 Å². The zero-order chi connectivity index (χ0) is 23.0. The fourth-order valence-corrected chi connectivity index (χ4v) is 4.06. The van der Waals surface area contributed by atoms with Crippen LogP contribution in [0.5, 0.6) is 11.5 Å². The van der Waals surface area contributed by atoms with Crippen LogP contribution in [0.15, 0.2) is 84.0 Å². The summed E-state index contributed by atoms with van der Waals surface area (Å²) in [5, 5.41) is 4.89. The monoisotopic (exact) mass is 457 g/mol. The van der Waals surface area contributed by atoms with Gasteiger partial charge in [0.2, 0.25) is 0 Å². The van der Waals surface area contributed by atoms with Crippen LogP contribution >= 0.6 is 11.3 Å². The van der Waals surface area contributed by atoms with E-state index in [2.05, 4.69) is 15.5 Å². The molecule has 0 saturated carbocycles. The molecule has 0 bridgehead atoms. The molecule has 1 aromatic heterocycles. The van der Waals surface area contributed by atoms with Crippen LogP contribution in [0.2, 0.25) is 0 Å². The van der Waals surface area contributed by atoms with Crippen molar-refractivity contribution in [3.63, 3.8) is 0 Å². The van der Waals surface area contributed by atoms with E-state index in [1.54, 1.807) is 19.4 Å². The van der Waals surface area contributed by atoms with Crippen molar-refractivity contribution in [1.82, 2.24) is 10.4 Å². The molecule has 4 rings (SSSR count). The van der Waals surface area contributed by atoms with Crippen molar-refractivity contribution in [3.8, 4) is 22.1 Å². The molecule has 1 heterocycles. The van der Waals surface area contributed by atoms with E-state index in [-0.39, 0.29) is 5.91 Å². The van der Waals surface area contributed by atoms with E-state index < -0.39 is 0 Å². The molecule has 7 heteroatoms. The lowest BCUT2D eigenvalue weighted by atomic mass is 10.2. The summed E-state index contributed by atoms with van der Waals surface area (Å²) in [5.41, 5.74) is 5.74. The Bertz CT molecular complexity index is 1250. The molecule has 0 atom stereocenters. The molecule has 0 aliphatic carbocycles. The van der Waals surface area contributed by atoms with Crippen molar-refractivity contribution < 1.29 is 14.3 Å². The number of rotatable bonds is 8. The number of thiazole rings is 1. The highest BCUT2D eigenvalue weighted by molar-refractivity contribution is 7.15. The van der Waals surface area contributed by atoms with Gasteiger partial charge in [-0.05, 0) is 36.2 Å². The first-order valence-corrected chi connectivity index (χ1v) is 11.2. The standard InChI is InChI=1S/C26H23N3O3S/c1-18-24(28-26(33-18)21-11-7-4-8-12-21)25(30)29-27-16-20-13-14-22(23(15-20)31-2)32-17-19-9-5-3-6-10-19/h3-16H,17H2,1-2H3,(H,29,30)/b27-16-. The van der Waals surface area contributed by atoms with E-state index in [4.69, 9.17) is 9.47 Å². The number of benzene rings is 3. The van der Waals surface area contributed by atoms with Crippen molar-refractivity contribution in [2.75, 3.05) is 7.11 Å². The third kappa shape index (κ3) is 5.64. The first-order valence-electron chi connectivity index (χ1n) is 10.3. The Morgan fingerprint density at radius 3 is 2.48 bits per heavy atom. The minimum atomic E-state index is -0.350. The van der Waals surface area contributed by atoms with E-state index >= 15 is 0 Å². The normalized spacial score (nSPS) is 10.8. The number of aryl methyl sites for hydroxylation is 1. The van der Waals surface area contributed by atoms with E-state index in [9.17, 15) is 4.79 Å². The molecule has 0 fully saturated rings. The average Bonchev–Trinajstić information content (AvgIpc) is 3.26. The van der Waals surface area contributed by atoms with Crippen molar-refractivity contribution in [1.29, 1.82) is 0 Å². The van der Waals surface area contributed by atoms with Crippen LogP contribution in [0.25, 0.3) is 10.6 Å². The highest BCUT2D eigenvalue weighted by Crippen LogP contribution is 2.29. The number of nitrogens with one attached hydrogen (secondary N) is 1. The highest BCUT2D eigenvalue weighted by atomic mass is 32.1. The minimum absolute atomic E-state index is 0.350. The van der Waals surface area contributed by atoms with Crippen molar-refractivity contribution in [2.45, 2.75) is 13.5 Å². The zero-order valence-electron chi connectivity index (χ0n) is 18.3. The quantitative estimate of drug-likeness (QED) is 0.281. The molecule has 166 valence electrons. The Labute approximate surface area is 196 Å². The van der Waals surface area contributed by atoms with Crippen LogP contribution in [0.4, 0.5) is 0 Å². The molecule has 0 aliphatic heterocycles. The third-order valence-electron chi connectivity index (χ3n) is 4.84. The van der Waals surface area contributed by atoms with Crippen LogP contribution < -0.4 is 14.9 Å². The van der Waals surface area contributed by atoms with E-state index in [1.807, 2.05) is 79.7 Å². The SMILES string of the molecule is COc1cc(/C=N\NC(=O)c2nc(-c3ccccc3)sc2C)ccc1OCc1ccccc1. The fraction of sp³-hybridized carbons (Fsp3) is 0.115. The molecule has 0 radical (unpaired) electrons. The lowest BCUT2D eigenvalue weighted by molar-refractivity contribution is 0.0950. The average molecular weight is 458 g/mol. The first-order chi connectivity index (χ1) is 16.1. The Morgan fingerprint density at radius 1 is 1.03 bits per heavy atom. The van der Waals surface area contributed by atoms with Gasteiger partial charge in [0.25, 0.3) is 5.91 Å². The van der Waals surface area contributed by atoms with Gasteiger partial charge in [-0.3, -0.25) is 4.79 Å². The number of hydrazone groups is 1. The van der Waals surface area contributed by atoms with Gasteiger partial charge in [-0.25, -0.2) is 10.4 Å². The van der Waals surface area contributed by atoms with Gasteiger partial charge in [-0.2, -0.15) is 5.10 Å². The second-order valence-electron chi connectivity index (χ2n) is 7.17. The Morgan fingerprint density at radius 2 is 1.76 bits per heavy atom. The summed E-state index contributed by atoms with van der Waals surface area (Å²) >= 11 is 1.48. The topological polar surface area (TPSA) is 72.8 Å². The summed E-state index contributed by atoms with van der Waals surface area (Å²) in [5.74, 6) is 0.870. The largest absolute Gasteiger partial charge is 0.493 e. The molecule has 33 heavy (non-hydrogen) atoms. The van der Waals surface area contributed by atoms with Gasteiger partial charge >= 0.3 is 0 Å². The van der Waals surface area contributed by atoms with Crippen molar-refractivity contribution in [3.05, 3.63) is 101 Å².